The maximum Gasteiger partial charge on any atom is 0.339 e. The molecule has 0 saturated heterocycles. The number of benzene rings is 1. The Bertz CT molecular complexity index is 1010. The van der Waals surface area contributed by atoms with Crippen LogP contribution in [0.1, 0.15) is 55.1 Å². The van der Waals surface area contributed by atoms with Gasteiger partial charge in [-0.15, -0.1) is 0 Å². The molecule has 0 bridgehead atoms. The summed E-state index contributed by atoms with van der Waals surface area (Å²) in [5.74, 6) is 1.11. The predicted molar refractivity (Wildman–Crippen MR) is 101 cm³/mol. The number of hydrogen-bond donors (Lipinski definition) is 0. The second-order valence-electron chi connectivity index (χ2n) is 7.34. The molecule has 0 spiro atoms. The van der Waals surface area contributed by atoms with Gasteiger partial charge in [0, 0.05) is 29.8 Å². The summed E-state index contributed by atoms with van der Waals surface area (Å²) in [7, 11) is 1.95. The number of nitrogens with zero attached hydrogens (tertiary/aromatic N) is 2. The Labute approximate surface area is 152 Å². The molecule has 0 N–H and O–H groups in total. The molecule has 5 heteroatoms. The Morgan fingerprint density at radius 1 is 1.19 bits per heavy atom. The van der Waals surface area contributed by atoms with Crippen LogP contribution in [0, 0.1) is 0 Å². The van der Waals surface area contributed by atoms with Crippen molar-refractivity contribution in [3.63, 3.8) is 0 Å². The molecule has 0 unspecified atom stereocenters. The molecule has 2 aromatic heterocycles. The van der Waals surface area contributed by atoms with Crippen LogP contribution < -0.4 is 10.4 Å². The second-order valence-corrected chi connectivity index (χ2v) is 7.34. The summed E-state index contributed by atoms with van der Waals surface area (Å²) in [6.07, 6.45) is 3.96. The zero-order valence-corrected chi connectivity index (χ0v) is 15.5. The smallest absolute Gasteiger partial charge is 0.339 e. The molecule has 0 atom stereocenters. The maximum atomic E-state index is 12.3. The van der Waals surface area contributed by atoms with Crippen LogP contribution in [0.25, 0.3) is 11.0 Å². The van der Waals surface area contributed by atoms with Crippen molar-refractivity contribution in [3.8, 4) is 5.75 Å². The number of fused-ring (bicyclic) bond motifs is 3. The fourth-order valence-corrected chi connectivity index (χ4v) is 3.83. The van der Waals surface area contributed by atoms with Gasteiger partial charge < -0.3 is 9.15 Å². The summed E-state index contributed by atoms with van der Waals surface area (Å²) in [5, 5.41) is 5.53. The molecule has 2 heterocycles. The summed E-state index contributed by atoms with van der Waals surface area (Å²) in [5.41, 5.74) is 4.49. The van der Waals surface area contributed by atoms with Gasteiger partial charge in [0.15, 0.2) is 0 Å². The fraction of sp³-hybridized carbons (Fsp3) is 0.429. The van der Waals surface area contributed by atoms with Crippen molar-refractivity contribution in [3.05, 3.63) is 57.2 Å². The van der Waals surface area contributed by atoms with Crippen LogP contribution in [0.2, 0.25) is 0 Å². The van der Waals surface area contributed by atoms with Crippen LogP contribution in [0.4, 0.5) is 0 Å². The van der Waals surface area contributed by atoms with Gasteiger partial charge in [0.1, 0.15) is 23.6 Å². The molecule has 5 nitrogen and oxygen atoms in total. The van der Waals surface area contributed by atoms with E-state index in [1.54, 1.807) is 0 Å². The molecule has 1 aliphatic carbocycles. The molecule has 0 fully saturated rings. The average molecular weight is 352 g/mol. The quantitative estimate of drug-likeness (QED) is 0.663. The van der Waals surface area contributed by atoms with Crippen LogP contribution in [-0.2, 0) is 26.5 Å². The summed E-state index contributed by atoms with van der Waals surface area (Å²) in [6.45, 7) is 4.68. The van der Waals surface area contributed by atoms with Gasteiger partial charge in [-0.2, -0.15) is 5.10 Å². The van der Waals surface area contributed by atoms with Crippen molar-refractivity contribution in [2.24, 2.45) is 7.05 Å². The number of ether oxygens (including phenoxy) is 1. The second kappa shape index (κ2) is 6.63. The highest BCUT2D eigenvalue weighted by atomic mass is 16.5. The number of rotatable bonds is 4. The SMILES string of the molecule is CC(C)c1cc(COc2ccc3c4c(c(=O)oc3c2)CCCC4)nn1C. The predicted octanol–water partition coefficient (Wildman–Crippen LogP) is 4.11. The van der Waals surface area contributed by atoms with E-state index in [1.807, 2.05) is 29.9 Å². The fourth-order valence-electron chi connectivity index (χ4n) is 3.83. The van der Waals surface area contributed by atoms with Gasteiger partial charge >= 0.3 is 5.63 Å². The van der Waals surface area contributed by atoms with E-state index < -0.39 is 0 Å². The van der Waals surface area contributed by atoms with Gasteiger partial charge in [0.2, 0.25) is 0 Å². The van der Waals surface area contributed by atoms with Crippen LogP contribution in [-0.4, -0.2) is 9.78 Å². The van der Waals surface area contributed by atoms with E-state index in [-0.39, 0.29) is 5.63 Å². The lowest BCUT2D eigenvalue weighted by Crippen LogP contribution is -2.15. The third-order valence-electron chi connectivity index (χ3n) is 5.14. The normalized spacial score (nSPS) is 14.0. The van der Waals surface area contributed by atoms with Gasteiger partial charge in [0.25, 0.3) is 0 Å². The molecule has 1 aromatic carbocycles. The minimum atomic E-state index is -0.198. The van der Waals surface area contributed by atoms with E-state index in [9.17, 15) is 4.79 Å². The third-order valence-corrected chi connectivity index (χ3v) is 5.14. The Kier molecular flexibility index (Phi) is 4.31. The van der Waals surface area contributed by atoms with Crippen molar-refractivity contribution < 1.29 is 9.15 Å². The highest BCUT2D eigenvalue weighted by molar-refractivity contribution is 5.82. The highest BCUT2D eigenvalue weighted by Gasteiger charge is 2.18. The Morgan fingerprint density at radius 2 is 1.96 bits per heavy atom. The summed E-state index contributed by atoms with van der Waals surface area (Å²) >= 11 is 0. The molecule has 3 aromatic rings. The zero-order valence-electron chi connectivity index (χ0n) is 15.5. The number of aryl methyl sites for hydroxylation is 2. The molecular weight excluding hydrogens is 328 g/mol. The standard InChI is InChI=1S/C21H24N2O3/c1-13(2)19-10-14(22-23(19)3)12-25-15-8-9-17-16-6-4-5-7-18(16)21(24)26-20(17)11-15/h8-11,13H,4-7,12H2,1-3H3. The Hall–Kier alpha value is -2.56. The van der Waals surface area contributed by atoms with E-state index in [0.29, 0.717) is 23.9 Å². The van der Waals surface area contributed by atoms with Crippen molar-refractivity contribution in [2.75, 3.05) is 0 Å². The van der Waals surface area contributed by atoms with E-state index in [4.69, 9.17) is 9.15 Å². The van der Waals surface area contributed by atoms with Crippen LogP contribution in [0.3, 0.4) is 0 Å². The van der Waals surface area contributed by atoms with Crippen molar-refractivity contribution in [2.45, 2.75) is 52.1 Å². The van der Waals surface area contributed by atoms with Crippen molar-refractivity contribution in [1.82, 2.24) is 9.78 Å². The first-order valence-corrected chi connectivity index (χ1v) is 9.27. The monoisotopic (exact) mass is 352 g/mol. The number of hydrogen-bond acceptors (Lipinski definition) is 4. The van der Waals surface area contributed by atoms with Gasteiger partial charge in [-0.25, -0.2) is 4.79 Å². The Balaban J connectivity index is 1.60. The van der Waals surface area contributed by atoms with Gasteiger partial charge in [-0.3, -0.25) is 4.68 Å². The van der Waals surface area contributed by atoms with E-state index in [2.05, 4.69) is 25.0 Å². The largest absolute Gasteiger partial charge is 0.487 e. The molecule has 1 aliphatic rings. The third kappa shape index (κ3) is 3.02. The summed E-state index contributed by atoms with van der Waals surface area (Å²) in [6, 6.07) is 7.85. The molecule has 0 aliphatic heterocycles. The van der Waals surface area contributed by atoms with Gasteiger partial charge in [-0.1, -0.05) is 13.8 Å². The van der Waals surface area contributed by atoms with E-state index >= 15 is 0 Å². The molecule has 0 radical (unpaired) electrons. The zero-order chi connectivity index (χ0) is 18.3. The topological polar surface area (TPSA) is 57.3 Å². The average Bonchev–Trinajstić information content (AvgIpc) is 3.01. The molecule has 0 saturated carbocycles. The lowest BCUT2D eigenvalue weighted by atomic mass is 9.91. The van der Waals surface area contributed by atoms with E-state index in [1.165, 1.54) is 5.69 Å². The maximum absolute atomic E-state index is 12.3. The molecule has 4 rings (SSSR count). The minimum absolute atomic E-state index is 0.198. The first-order chi connectivity index (χ1) is 12.5. The lowest BCUT2D eigenvalue weighted by molar-refractivity contribution is 0.300. The van der Waals surface area contributed by atoms with Crippen molar-refractivity contribution in [1.29, 1.82) is 0 Å². The van der Waals surface area contributed by atoms with E-state index in [0.717, 1.165) is 47.9 Å². The molecular formula is C21H24N2O3. The van der Waals surface area contributed by atoms with Crippen LogP contribution in [0.5, 0.6) is 5.75 Å². The highest BCUT2D eigenvalue weighted by Crippen LogP contribution is 2.29. The molecule has 0 amide bonds. The summed E-state index contributed by atoms with van der Waals surface area (Å²) < 4.78 is 13.3. The summed E-state index contributed by atoms with van der Waals surface area (Å²) in [4.78, 5) is 12.3. The minimum Gasteiger partial charge on any atom is -0.487 e. The first-order valence-electron chi connectivity index (χ1n) is 9.27. The lowest BCUT2D eigenvalue weighted by Gasteiger charge is -2.16. The molecule has 26 heavy (non-hydrogen) atoms. The van der Waals surface area contributed by atoms with Gasteiger partial charge in [-0.05, 0) is 55.4 Å². The van der Waals surface area contributed by atoms with Crippen molar-refractivity contribution >= 4 is 11.0 Å². The Morgan fingerprint density at radius 3 is 2.69 bits per heavy atom. The molecule has 136 valence electrons. The first kappa shape index (κ1) is 16.9. The number of aromatic nitrogens is 2. The van der Waals surface area contributed by atoms with Crippen LogP contribution in [0.15, 0.2) is 33.5 Å². The van der Waals surface area contributed by atoms with Crippen LogP contribution >= 0.6 is 0 Å². The van der Waals surface area contributed by atoms with Gasteiger partial charge in [0.05, 0.1) is 0 Å².